The van der Waals surface area contributed by atoms with E-state index in [-0.39, 0.29) is 5.91 Å². The third-order valence-electron chi connectivity index (χ3n) is 2.04. The van der Waals surface area contributed by atoms with Crippen LogP contribution in [0.3, 0.4) is 0 Å². The molecule has 3 N–H and O–H groups in total. The number of anilines is 1. The van der Waals surface area contributed by atoms with E-state index in [1.807, 2.05) is 0 Å². The Bertz CT molecular complexity index is 539. The van der Waals surface area contributed by atoms with Crippen LogP contribution in [0, 0.1) is 0 Å². The predicted octanol–water partition coefficient (Wildman–Crippen LogP) is 1.63. The zero-order valence-corrected chi connectivity index (χ0v) is 9.97. The van der Waals surface area contributed by atoms with Crippen LogP contribution in [0.2, 0.25) is 5.02 Å². The summed E-state index contributed by atoms with van der Waals surface area (Å²) in [4.78, 5) is 11.5. The molecule has 16 heavy (non-hydrogen) atoms. The number of aromatic nitrogens is 2. The summed E-state index contributed by atoms with van der Waals surface area (Å²) in [5.74, 6) is -0.303. The molecule has 0 aliphatic carbocycles. The van der Waals surface area contributed by atoms with Crippen LogP contribution in [0.15, 0.2) is 12.1 Å². The largest absolute Gasteiger partial charge is 0.322 e. The van der Waals surface area contributed by atoms with E-state index in [1.165, 1.54) is 0 Å². The van der Waals surface area contributed by atoms with E-state index in [9.17, 15) is 4.79 Å². The molecule has 1 aromatic heterocycles. The first kappa shape index (κ1) is 11.3. The summed E-state index contributed by atoms with van der Waals surface area (Å²) in [7, 11) is 0. The molecule has 0 bridgehead atoms. The van der Waals surface area contributed by atoms with Crippen LogP contribution < -0.4 is 11.1 Å². The summed E-state index contributed by atoms with van der Waals surface area (Å²) >= 11 is 7.06. The second kappa shape index (κ2) is 4.32. The van der Waals surface area contributed by atoms with Crippen molar-refractivity contribution in [1.29, 1.82) is 0 Å². The molecule has 0 aliphatic rings. The van der Waals surface area contributed by atoms with Crippen molar-refractivity contribution < 1.29 is 4.79 Å². The van der Waals surface area contributed by atoms with E-state index in [4.69, 9.17) is 17.3 Å². The molecule has 1 amide bonds. The number of nitrogens with one attached hydrogen (secondary N) is 1. The molecule has 7 heteroatoms. The number of nitrogens with zero attached hydrogens (tertiary/aromatic N) is 2. The maximum atomic E-state index is 11.5. The minimum Gasteiger partial charge on any atom is -0.322 e. The minimum absolute atomic E-state index is 0.303. The molecule has 1 aromatic carbocycles. The van der Waals surface area contributed by atoms with Gasteiger partial charge in [-0.1, -0.05) is 11.6 Å². The van der Waals surface area contributed by atoms with E-state index in [1.54, 1.807) is 19.1 Å². The highest BCUT2D eigenvalue weighted by Gasteiger charge is 2.14. The number of rotatable bonds is 2. The van der Waals surface area contributed by atoms with Gasteiger partial charge >= 0.3 is 0 Å². The van der Waals surface area contributed by atoms with Crippen molar-refractivity contribution in [3.8, 4) is 0 Å². The molecule has 5 nitrogen and oxygen atoms in total. The van der Waals surface area contributed by atoms with E-state index < -0.39 is 6.04 Å². The van der Waals surface area contributed by atoms with Gasteiger partial charge in [0.25, 0.3) is 0 Å². The number of nitrogens with two attached hydrogens (primary N) is 1. The highest BCUT2D eigenvalue weighted by atomic mass is 35.5. The lowest BCUT2D eigenvalue weighted by molar-refractivity contribution is -0.117. The van der Waals surface area contributed by atoms with Crippen molar-refractivity contribution in [2.45, 2.75) is 13.0 Å². The SMILES string of the molecule is C[C@H](N)C(=O)Nc1c(Cl)ccc2nsnc12. The van der Waals surface area contributed by atoms with Crippen LogP contribution in [0.1, 0.15) is 6.92 Å². The van der Waals surface area contributed by atoms with Gasteiger partial charge in [-0.3, -0.25) is 4.79 Å². The smallest absolute Gasteiger partial charge is 0.241 e. The number of halogens is 1. The summed E-state index contributed by atoms with van der Waals surface area (Å²) in [6, 6.07) is 2.82. The number of hydrogen-bond donors (Lipinski definition) is 2. The first-order valence-corrected chi connectivity index (χ1v) is 5.67. The molecular formula is C9H9ClN4OS. The minimum atomic E-state index is -0.599. The maximum absolute atomic E-state index is 11.5. The molecule has 0 unspecified atom stereocenters. The van der Waals surface area contributed by atoms with Gasteiger partial charge in [0.05, 0.1) is 28.5 Å². The third kappa shape index (κ3) is 1.99. The van der Waals surface area contributed by atoms with Gasteiger partial charge in [0.15, 0.2) is 0 Å². The number of amides is 1. The summed E-state index contributed by atoms with van der Waals surface area (Å²) in [5, 5.41) is 3.07. The fraction of sp³-hybridized carbons (Fsp3) is 0.222. The molecule has 2 aromatic rings. The molecule has 0 saturated heterocycles. The topological polar surface area (TPSA) is 80.9 Å². The number of carbonyl (C=O) groups excluding carboxylic acids is 1. The molecule has 0 fully saturated rings. The fourth-order valence-electron chi connectivity index (χ4n) is 1.18. The molecule has 0 radical (unpaired) electrons. The molecule has 1 atom stereocenters. The molecule has 2 rings (SSSR count). The van der Waals surface area contributed by atoms with Gasteiger partial charge in [-0.2, -0.15) is 8.75 Å². The van der Waals surface area contributed by atoms with Crippen LogP contribution in [-0.2, 0) is 4.79 Å². The summed E-state index contributed by atoms with van der Waals surface area (Å²) in [6.45, 7) is 1.60. The Morgan fingerprint density at radius 2 is 2.31 bits per heavy atom. The second-order valence-corrected chi connectivity index (χ2v) is 4.27. The quantitative estimate of drug-likeness (QED) is 0.856. The second-order valence-electron chi connectivity index (χ2n) is 3.33. The van der Waals surface area contributed by atoms with E-state index in [0.717, 1.165) is 11.7 Å². The number of fused-ring (bicyclic) bond motifs is 1. The number of hydrogen-bond acceptors (Lipinski definition) is 5. The summed E-state index contributed by atoms with van der Waals surface area (Å²) < 4.78 is 8.14. The Balaban J connectivity index is 2.46. The average molecular weight is 257 g/mol. The van der Waals surface area contributed by atoms with Gasteiger partial charge in [-0.05, 0) is 19.1 Å². The standard InChI is InChI=1S/C9H9ClN4OS/c1-4(11)9(15)12-7-5(10)2-3-6-8(7)14-16-13-6/h2-4H,11H2,1H3,(H,12,15)/t4-/m0/s1. The van der Waals surface area contributed by atoms with Crippen LogP contribution >= 0.6 is 23.3 Å². The van der Waals surface area contributed by atoms with Crippen molar-refractivity contribution in [2.75, 3.05) is 5.32 Å². The van der Waals surface area contributed by atoms with Crippen LogP contribution in [0.4, 0.5) is 5.69 Å². The molecule has 84 valence electrons. The lowest BCUT2D eigenvalue weighted by Crippen LogP contribution is -2.32. The van der Waals surface area contributed by atoms with E-state index in [0.29, 0.717) is 21.7 Å². The lowest BCUT2D eigenvalue weighted by Gasteiger charge is -2.09. The molecular weight excluding hydrogens is 248 g/mol. The van der Waals surface area contributed by atoms with Crippen molar-refractivity contribution in [2.24, 2.45) is 5.73 Å². The van der Waals surface area contributed by atoms with Gasteiger partial charge in [0, 0.05) is 0 Å². The first-order chi connectivity index (χ1) is 7.59. The van der Waals surface area contributed by atoms with Gasteiger partial charge in [0.2, 0.25) is 5.91 Å². The highest BCUT2D eigenvalue weighted by molar-refractivity contribution is 7.00. The first-order valence-electron chi connectivity index (χ1n) is 4.57. The Labute approximate surface area is 101 Å². The zero-order valence-electron chi connectivity index (χ0n) is 8.40. The summed E-state index contributed by atoms with van der Waals surface area (Å²) in [5.41, 5.74) is 7.22. The van der Waals surface area contributed by atoms with Crippen molar-refractivity contribution >= 4 is 46.0 Å². The fourth-order valence-corrected chi connectivity index (χ4v) is 1.93. The molecule has 0 aliphatic heterocycles. The lowest BCUT2D eigenvalue weighted by atomic mass is 10.2. The Kier molecular flexibility index (Phi) is 3.04. The zero-order chi connectivity index (χ0) is 11.7. The normalized spacial score (nSPS) is 12.7. The molecule has 0 spiro atoms. The van der Waals surface area contributed by atoms with Gasteiger partial charge < -0.3 is 11.1 Å². The maximum Gasteiger partial charge on any atom is 0.241 e. The van der Waals surface area contributed by atoms with Crippen LogP contribution in [0.5, 0.6) is 0 Å². The van der Waals surface area contributed by atoms with Crippen molar-refractivity contribution in [3.63, 3.8) is 0 Å². The van der Waals surface area contributed by atoms with Gasteiger partial charge in [-0.25, -0.2) is 0 Å². The Morgan fingerprint density at radius 1 is 1.56 bits per heavy atom. The van der Waals surface area contributed by atoms with Crippen LogP contribution in [-0.4, -0.2) is 20.7 Å². The Morgan fingerprint density at radius 3 is 3.00 bits per heavy atom. The van der Waals surface area contributed by atoms with Crippen molar-refractivity contribution in [3.05, 3.63) is 17.2 Å². The Hall–Kier alpha value is -1.24. The monoisotopic (exact) mass is 256 g/mol. The van der Waals surface area contributed by atoms with Crippen LogP contribution in [0.25, 0.3) is 11.0 Å². The van der Waals surface area contributed by atoms with Crippen molar-refractivity contribution in [1.82, 2.24) is 8.75 Å². The van der Waals surface area contributed by atoms with E-state index in [2.05, 4.69) is 14.1 Å². The number of carbonyl (C=O) groups is 1. The average Bonchev–Trinajstić information content (AvgIpc) is 2.70. The van der Waals surface area contributed by atoms with Gasteiger partial charge in [-0.15, -0.1) is 0 Å². The molecule has 1 heterocycles. The van der Waals surface area contributed by atoms with Gasteiger partial charge in [0.1, 0.15) is 11.0 Å². The third-order valence-corrected chi connectivity index (χ3v) is 2.90. The predicted molar refractivity (Wildman–Crippen MR) is 64.7 cm³/mol. The van der Waals surface area contributed by atoms with E-state index >= 15 is 0 Å². The number of benzene rings is 1. The molecule has 0 saturated carbocycles. The summed E-state index contributed by atoms with van der Waals surface area (Å²) in [6.07, 6.45) is 0. The highest BCUT2D eigenvalue weighted by Crippen LogP contribution is 2.29.